The van der Waals surface area contributed by atoms with Gasteiger partial charge in [0.15, 0.2) is 0 Å². The third-order valence-electron chi connectivity index (χ3n) is 2.68. The van der Waals surface area contributed by atoms with Crippen molar-refractivity contribution >= 4 is 56.4 Å². The molecule has 0 radical (unpaired) electrons. The van der Waals surface area contributed by atoms with Crippen molar-refractivity contribution in [1.82, 2.24) is 0 Å². The van der Waals surface area contributed by atoms with Crippen LogP contribution in [0.5, 0.6) is 0 Å². The number of hydrogen-bond donors (Lipinski definition) is 2. The van der Waals surface area contributed by atoms with Crippen molar-refractivity contribution < 1.29 is 4.79 Å². The van der Waals surface area contributed by atoms with Gasteiger partial charge in [0, 0.05) is 9.50 Å². The second-order valence-electron chi connectivity index (χ2n) is 4.29. The van der Waals surface area contributed by atoms with Gasteiger partial charge in [-0.3, -0.25) is 4.79 Å². The number of rotatable bonds is 2. The molecule has 0 heterocycles. The molecule has 6 heteroatoms. The van der Waals surface area contributed by atoms with Crippen molar-refractivity contribution in [1.29, 1.82) is 0 Å². The first-order valence-corrected chi connectivity index (χ1v) is 7.25. The van der Waals surface area contributed by atoms with Gasteiger partial charge in [-0.25, -0.2) is 0 Å². The van der Waals surface area contributed by atoms with E-state index in [9.17, 15) is 4.79 Å². The highest BCUT2D eigenvalue weighted by molar-refractivity contribution is 9.10. The average molecular weight is 374 g/mol. The third kappa shape index (κ3) is 3.26. The Hall–Kier alpha value is -1.23. The fraction of sp³-hybridized carbons (Fsp3) is 0.0714. The summed E-state index contributed by atoms with van der Waals surface area (Å²) in [6.45, 7) is 1.92. The number of anilines is 2. The van der Waals surface area contributed by atoms with Gasteiger partial charge in [0.05, 0.1) is 22.0 Å². The van der Waals surface area contributed by atoms with Crippen LogP contribution in [-0.2, 0) is 0 Å². The molecule has 0 bridgehead atoms. The van der Waals surface area contributed by atoms with Gasteiger partial charge in [-0.15, -0.1) is 0 Å². The molecule has 0 aliphatic heterocycles. The molecule has 0 saturated carbocycles. The molecule has 0 unspecified atom stereocenters. The van der Waals surface area contributed by atoms with E-state index in [2.05, 4.69) is 21.2 Å². The lowest BCUT2D eigenvalue weighted by atomic mass is 10.1. The zero-order chi connectivity index (χ0) is 14.9. The minimum absolute atomic E-state index is 0.297. The summed E-state index contributed by atoms with van der Waals surface area (Å²) in [6, 6.07) is 8.35. The highest BCUT2D eigenvalue weighted by Gasteiger charge is 2.14. The van der Waals surface area contributed by atoms with Crippen LogP contribution in [0.2, 0.25) is 10.0 Å². The topological polar surface area (TPSA) is 55.1 Å². The summed E-state index contributed by atoms with van der Waals surface area (Å²) in [4.78, 5) is 12.2. The SMILES string of the molecule is Cc1cc(N)c(NC(=O)c2cc(Cl)ccc2Cl)c(Br)c1. The lowest BCUT2D eigenvalue weighted by Crippen LogP contribution is -2.14. The molecule has 0 aromatic heterocycles. The van der Waals surface area contributed by atoms with Crippen molar-refractivity contribution in [2.24, 2.45) is 0 Å². The predicted molar refractivity (Wildman–Crippen MR) is 87.7 cm³/mol. The number of nitrogen functional groups attached to an aromatic ring is 1. The maximum absolute atomic E-state index is 12.2. The molecule has 2 rings (SSSR count). The molecular weight excluding hydrogens is 363 g/mol. The van der Waals surface area contributed by atoms with Crippen molar-refractivity contribution in [2.75, 3.05) is 11.1 Å². The summed E-state index contributed by atoms with van der Waals surface area (Å²) in [5, 5.41) is 3.50. The highest BCUT2D eigenvalue weighted by Crippen LogP contribution is 2.31. The van der Waals surface area contributed by atoms with E-state index in [1.54, 1.807) is 18.2 Å². The smallest absolute Gasteiger partial charge is 0.257 e. The number of benzene rings is 2. The van der Waals surface area contributed by atoms with Crippen LogP contribution >= 0.6 is 39.1 Å². The lowest BCUT2D eigenvalue weighted by molar-refractivity contribution is 0.102. The molecule has 3 nitrogen and oxygen atoms in total. The number of carbonyl (C=O) groups excluding carboxylic acids is 1. The Bertz CT molecular complexity index is 666. The van der Waals surface area contributed by atoms with E-state index in [0.717, 1.165) is 5.56 Å². The van der Waals surface area contributed by atoms with Gasteiger partial charge in [-0.05, 0) is 58.7 Å². The van der Waals surface area contributed by atoms with E-state index in [1.807, 2.05) is 13.0 Å². The Kier molecular flexibility index (Phi) is 4.58. The molecule has 0 aliphatic rings. The van der Waals surface area contributed by atoms with E-state index in [0.29, 0.717) is 31.5 Å². The first-order chi connectivity index (χ1) is 9.38. The Labute approximate surface area is 135 Å². The first-order valence-electron chi connectivity index (χ1n) is 5.70. The number of amides is 1. The molecule has 0 spiro atoms. The van der Waals surface area contributed by atoms with Gasteiger partial charge in [0.2, 0.25) is 0 Å². The number of aryl methyl sites for hydroxylation is 1. The first kappa shape index (κ1) is 15.2. The Morgan fingerprint density at radius 1 is 1.25 bits per heavy atom. The van der Waals surface area contributed by atoms with E-state index < -0.39 is 0 Å². The largest absolute Gasteiger partial charge is 0.397 e. The predicted octanol–water partition coefficient (Wildman–Crippen LogP) is 4.90. The average Bonchev–Trinajstić information content (AvgIpc) is 2.36. The van der Waals surface area contributed by atoms with Gasteiger partial charge in [-0.1, -0.05) is 23.2 Å². The second kappa shape index (κ2) is 6.04. The fourth-order valence-electron chi connectivity index (χ4n) is 1.75. The zero-order valence-corrected chi connectivity index (χ0v) is 13.6. The Morgan fingerprint density at radius 2 is 1.95 bits per heavy atom. The fourth-order valence-corrected chi connectivity index (χ4v) is 2.82. The van der Waals surface area contributed by atoms with Crippen LogP contribution in [0, 0.1) is 6.92 Å². The third-order valence-corrected chi connectivity index (χ3v) is 3.87. The highest BCUT2D eigenvalue weighted by atomic mass is 79.9. The van der Waals surface area contributed by atoms with Crippen LogP contribution in [-0.4, -0.2) is 5.91 Å². The van der Waals surface area contributed by atoms with Gasteiger partial charge in [-0.2, -0.15) is 0 Å². The molecule has 2 aromatic carbocycles. The van der Waals surface area contributed by atoms with Crippen LogP contribution in [0.25, 0.3) is 0 Å². The van der Waals surface area contributed by atoms with Gasteiger partial charge in [0.1, 0.15) is 0 Å². The summed E-state index contributed by atoms with van der Waals surface area (Å²) in [5.41, 5.74) is 8.19. The number of carbonyl (C=O) groups is 1. The number of nitrogens with two attached hydrogens (primary N) is 1. The monoisotopic (exact) mass is 372 g/mol. The van der Waals surface area contributed by atoms with E-state index in [1.165, 1.54) is 6.07 Å². The molecule has 2 aromatic rings. The maximum Gasteiger partial charge on any atom is 0.257 e. The van der Waals surface area contributed by atoms with Gasteiger partial charge < -0.3 is 11.1 Å². The Balaban J connectivity index is 2.35. The zero-order valence-electron chi connectivity index (χ0n) is 10.5. The molecule has 0 saturated heterocycles. The quantitative estimate of drug-likeness (QED) is 0.735. The summed E-state index contributed by atoms with van der Waals surface area (Å²) in [5.74, 6) is -0.367. The molecule has 0 fully saturated rings. The molecular formula is C14H11BrCl2N2O. The number of nitrogens with one attached hydrogen (secondary N) is 1. The van der Waals surface area contributed by atoms with Crippen LogP contribution in [0.4, 0.5) is 11.4 Å². The number of halogens is 3. The van der Waals surface area contributed by atoms with Crippen LogP contribution < -0.4 is 11.1 Å². The standard InChI is InChI=1S/C14H11BrCl2N2O/c1-7-4-10(15)13(12(18)5-7)19-14(20)9-6-8(16)2-3-11(9)17/h2-6H,18H2,1H3,(H,19,20). The normalized spacial score (nSPS) is 10.4. The van der Waals surface area contributed by atoms with Crippen molar-refractivity contribution in [2.45, 2.75) is 6.92 Å². The van der Waals surface area contributed by atoms with E-state index in [-0.39, 0.29) is 5.91 Å². The Morgan fingerprint density at radius 3 is 2.60 bits per heavy atom. The lowest BCUT2D eigenvalue weighted by Gasteiger charge is -2.12. The summed E-state index contributed by atoms with van der Waals surface area (Å²) in [6.07, 6.45) is 0. The minimum atomic E-state index is -0.367. The van der Waals surface area contributed by atoms with Crippen molar-refractivity contribution in [3.63, 3.8) is 0 Å². The van der Waals surface area contributed by atoms with Crippen LogP contribution in [0.3, 0.4) is 0 Å². The van der Waals surface area contributed by atoms with Gasteiger partial charge >= 0.3 is 0 Å². The summed E-state index contributed by atoms with van der Waals surface area (Å²) >= 11 is 15.3. The summed E-state index contributed by atoms with van der Waals surface area (Å²) < 4.78 is 0.710. The molecule has 1 amide bonds. The van der Waals surface area contributed by atoms with Crippen LogP contribution in [0.1, 0.15) is 15.9 Å². The molecule has 0 atom stereocenters. The maximum atomic E-state index is 12.2. The molecule has 0 aliphatic carbocycles. The van der Waals surface area contributed by atoms with Crippen LogP contribution in [0.15, 0.2) is 34.8 Å². The molecule has 104 valence electrons. The van der Waals surface area contributed by atoms with E-state index >= 15 is 0 Å². The molecule has 3 N–H and O–H groups in total. The van der Waals surface area contributed by atoms with Crippen molar-refractivity contribution in [3.8, 4) is 0 Å². The molecule has 20 heavy (non-hydrogen) atoms. The van der Waals surface area contributed by atoms with E-state index in [4.69, 9.17) is 28.9 Å². The van der Waals surface area contributed by atoms with Gasteiger partial charge in [0.25, 0.3) is 5.91 Å². The number of hydrogen-bond acceptors (Lipinski definition) is 2. The minimum Gasteiger partial charge on any atom is -0.397 e. The van der Waals surface area contributed by atoms with Crippen molar-refractivity contribution in [3.05, 3.63) is 56.0 Å². The summed E-state index contributed by atoms with van der Waals surface area (Å²) in [7, 11) is 0. The second-order valence-corrected chi connectivity index (χ2v) is 5.99.